The number of hydrogen-bond donors (Lipinski definition) is 2. The van der Waals surface area contributed by atoms with E-state index < -0.39 is 0 Å². The van der Waals surface area contributed by atoms with Gasteiger partial charge in [0.1, 0.15) is 0 Å². The molecule has 0 aliphatic heterocycles. The fourth-order valence-corrected chi connectivity index (χ4v) is 2.49. The molecule has 6 nitrogen and oxygen atoms in total. The number of rotatable bonds is 11. The molecule has 0 atom stereocenters. The van der Waals surface area contributed by atoms with Crippen molar-refractivity contribution < 1.29 is 4.74 Å². The molecular formula is C20H32IN5O. The maximum absolute atomic E-state index is 5.56. The maximum atomic E-state index is 5.56. The van der Waals surface area contributed by atoms with Gasteiger partial charge in [-0.15, -0.1) is 24.0 Å². The highest BCUT2D eigenvalue weighted by molar-refractivity contribution is 14.0. The van der Waals surface area contributed by atoms with Crippen LogP contribution in [-0.4, -0.2) is 49.1 Å². The number of ether oxygens (including phenoxy) is 1. The maximum Gasteiger partial charge on any atom is 0.190 e. The Morgan fingerprint density at radius 3 is 2.59 bits per heavy atom. The third kappa shape index (κ3) is 9.23. The number of aromatic nitrogens is 2. The number of para-hydroxylation sites is 1. The van der Waals surface area contributed by atoms with Crippen molar-refractivity contribution in [3.8, 4) is 5.69 Å². The second-order valence-electron chi connectivity index (χ2n) is 6.12. The average Bonchev–Trinajstić information content (AvgIpc) is 3.15. The van der Waals surface area contributed by atoms with Crippen LogP contribution < -0.4 is 10.6 Å². The van der Waals surface area contributed by atoms with Gasteiger partial charge in [-0.2, -0.15) is 5.10 Å². The summed E-state index contributed by atoms with van der Waals surface area (Å²) in [6.07, 6.45) is 8.18. The Balaban J connectivity index is 0.00000364. The van der Waals surface area contributed by atoms with Gasteiger partial charge in [0.05, 0.1) is 11.9 Å². The minimum absolute atomic E-state index is 0. The molecule has 1 heterocycles. The van der Waals surface area contributed by atoms with E-state index in [4.69, 9.17) is 4.74 Å². The van der Waals surface area contributed by atoms with E-state index in [0.29, 0.717) is 0 Å². The molecule has 0 bridgehead atoms. The smallest absolute Gasteiger partial charge is 0.190 e. The van der Waals surface area contributed by atoms with E-state index in [9.17, 15) is 0 Å². The summed E-state index contributed by atoms with van der Waals surface area (Å²) < 4.78 is 7.46. The van der Waals surface area contributed by atoms with E-state index in [1.807, 2.05) is 41.2 Å². The normalized spacial score (nSPS) is 11.1. The van der Waals surface area contributed by atoms with E-state index >= 15 is 0 Å². The third-order valence-electron chi connectivity index (χ3n) is 3.99. The number of unbranched alkanes of at least 4 members (excludes halogenated alkanes) is 1. The van der Waals surface area contributed by atoms with Crippen LogP contribution >= 0.6 is 24.0 Å². The highest BCUT2D eigenvalue weighted by atomic mass is 127. The van der Waals surface area contributed by atoms with Gasteiger partial charge in [0.25, 0.3) is 0 Å². The molecule has 150 valence electrons. The average molecular weight is 485 g/mol. The summed E-state index contributed by atoms with van der Waals surface area (Å²) in [5.41, 5.74) is 2.27. The molecule has 2 N–H and O–H groups in total. The molecule has 1 aromatic heterocycles. The van der Waals surface area contributed by atoms with Crippen LogP contribution in [0.15, 0.2) is 47.7 Å². The standard InChI is InChI=1S/C20H31N5O.HI/c1-3-4-14-26-15-8-12-22-20(21-2)23-13-11-18-16-24-25(17-18)19-9-6-5-7-10-19;/h5-7,9-10,16-17H,3-4,8,11-15H2,1-2H3,(H2,21,22,23);1H. The predicted molar refractivity (Wildman–Crippen MR) is 122 cm³/mol. The Labute approximate surface area is 179 Å². The van der Waals surface area contributed by atoms with Gasteiger partial charge in [-0.05, 0) is 37.0 Å². The summed E-state index contributed by atoms with van der Waals surface area (Å²) in [6, 6.07) is 10.1. The predicted octanol–water partition coefficient (Wildman–Crippen LogP) is 3.40. The fourth-order valence-electron chi connectivity index (χ4n) is 2.49. The van der Waals surface area contributed by atoms with Crippen molar-refractivity contribution in [3.05, 3.63) is 48.3 Å². The lowest BCUT2D eigenvalue weighted by Crippen LogP contribution is -2.39. The lowest BCUT2D eigenvalue weighted by Gasteiger charge is -2.11. The Morgan fingerprint density at radius 1 is 1.11 bits per heavy atom. The molecule has 0 amide bonds. The van der Waals surface area contributed by atoms with Crippen molar-refractivity contribution in [1.29, 1.82) is 0 Å². The summed E-state index contributed by atoms with van der Waals surface area (Å²) in [6.45, 7) is 5.50. The number of aliphatic imine (C=N–C) groups is 1. The summed E-state index contributed by atoms with van der Waals surface area (Å²) in [5, 5.41) is 11.1. The zero-order chi connectivity index (χ0) is 18.5. The van der Waals surface area contributed by atoms with Crippen molar-refractivity contribution in [2.75, 3.05) is 33.4 Å². The first kappa shape index (κ1) is 23.4. The molecule has 0 saturated carbocycles. The van der Waals surface area contributed by atoms with Gasteiger partial charge in [-0.1, -0.05) is 31.5 Å². The molecule has 0 aliphatic carbocycles. The van der Waals surface area contributed by atoms with Crippen molar-refractivity contribution in [3.63, 3.8) is 0 Å². The zero-order valence-corrected chi connectivity index (χ0v) is 18.7. The lowest BCUT2D eigenvalue weighted by molar-refractivity contribution is 0.129. The Morgan fingerprint density at radius 2 is 1.85 bits per heavy atom. The topological polar surface area (TPSA) is 63.5 Å². The van der Waals surface area contributed by atoms with Crippen LogP contribution in [0, 0.1) is 0 Å². The molecule has 0 aliphatic rings. The summed E-state index contributed by atoms with van der Waals surface area (Å²) in [7, 11) is 1.79. The first-order chi connectivity index (χ1) is 12.8. The number of hydrogen-bond acceptors (Lipinski definition) is 3. The SMILES string of the molecule is CCCCOCCCNC(=NC)NCCc1cnn(-c2ccccc2)c1.I. The number of guanidine groups is 1. The largest absolute Gasteiger partial charge is 0.381 e. The van der Waals surface area contributed by atoms with E-state index in [0.717, 1.165) is 57.2 Å². The number of nitrogens with one attached hydrogen (secondary N) is 2. The molecule has 2 aromatic rings. The van der Waals surface area contributed by atoms with Crippen molar-refractivity contribution in [1.82, 2.24) is 20.4 Å². The highest BCUT2D eigenvalue weighted by Crippen LogP contribution is 2.07. The summed E-state index contributed by atoms with van der Waals surface area (Å²) in [5.74, 6) is 0.828. The van der Waals surface area contributed by atoms with Gasteiger partial charge in [0.2, 0.25) is 0 Å². The number of benzene rings is 1. The monoisotopic (exact) mass is 485 g/mol. The van der Waals surface area contributed by atoms with Gasteiger partial charge in [0, 0.05) is 39.5 Å². The highest BCUT2D eigenvalue weighted by Gasteiger charge is 2.02. The third-order valence-corrected chi connectivity index (χ3v) is 3.99. The summed E-state index contributed by atoms with van der Waals surface area (Å²) in [4.78, 5) is 4.25. The quantitative estimate of drug-likeness (QED) is 0.222. The first-order valence-corrected chi connectivity index (χ1v) is 9.44. The Kier molecular flexibility index (Phi) is 12.5. The van der Waals surface area contributed by atoms with Crippen LogP contribution in [0.2, 0.25) is 0 Å². The first-order valence-electron chi connectivity index (χ1n) is 9.44. The molecule has 1 aromatic carbocycles. The van der Waals surface area contributed by atoms with Crippen LogP contribution in [-0.2, 0) is 11.2 Å². The van der Waals surface area contributed by atoms with Gasteiger partial charge in [-0.25, -0.2) is 4.68 Å². The second-order valence-corrected chi connectivity index (χ2v) is 6.12. The van der Waals surface area contributed by atoms with Gasteiger partial charge in [0.15, 0.2) is 5.96 Å². The molecular weight excluding hydrogens is 453 g/mol. The van der Waals surface area contributed by atoms with E-state index in [1.54, 1.807) is 7.05 Å². The minimum Gasteiger partial charge on any atom is -0.381 e. The van der Waals surface area contributed by atoms with Crippen LogP contribution in [0.3, 0.4) is 0 Å². The molecule has 0 fully saturated rings. The molecule has 27 heavy (non-hydrogen) atoms. The van der Waals surface area contributed by atoms with Gasteiger partial charge < -0.3 is 15.4 Å². The summed E-state index contributed by atoms with van der Waals surface area (Å²) >= 11 is 0. The fraction of sp³-hybridized carbons (Fsp3) is 0.500. The van der Waals surface area contributed by atoms with Crippen LogP contribution in [0.1, 0.15) is 31.7 Å². The van der Waals surface area contributed by atoms with E-state index in [-0.39, 0.29) is 24.0 Å². The van der Waals surface area contributed by atoms with Gasteiger partial charge >= 0.3 is 0 Å². The van der Waals surface area contributed by atoms with Crippen LogP contribution in [0.4, 0.5) is 0 Å². The minimum atomic E-state index is 0. The van der Waals surface area contributed by atoms with Crippen molar-refractivity contribution in [2.45, 2.75) is 32.6 Å². The van der Waals surface area contributed by atoms with Crippen molar-refractivity contribution in [2.24, 2.45) is 4.99 Å². The molecule has 0 saturated heterocycles. The molecule has 0 unspecified atom stereocenters. The van der Waals surface area contributed by atoms with E-state index in [2.05, 4.69) is 33.8 Å². The Bertz CT molecular complexity index is 645. The number of nitrogens with zero attached hydrogens (tertiary/aromatic N) is 3. The van der Waals surface area contributed by atoms with Crippen molar-refractivity contribution >= 4 is 29.9 Å². The molecule has 0 radical (unpaired) electrons. The van der Waals surface area contributed by atoms with Crippen LogP contribution in [0.5, 0.6) is 0 Å². The second kappa shape index (κ2) is 14.4. The molecule has 2 rings (SSSR count). The zero-order valence-electron chi connectivity index (χ0n) is 16.4. The van der Waals surface area contributed by atoms with Gasteiger partial charge in [-0.3, -0.25) is 4.99 Å². The Hall–Kier alpha value is -1.61. The van der Waals surface area contributed by atoms with Crippen LogP contribution in [0.25, 0.3) is 5.69 Å². The molecule has 0 spiro atoms. The molecule has 7 heteroatoms. The lowest BCUT2D eigenvalue weighted by atomic mass is 10.2. The number of halogens is 1. The van der Waals surface area contributed by atoms with E-state index in [1.165, 1.54) is 12.0 Å².